The lowest BCUT2D eigenvalue weighted by Gasteiger charge is -2.17. The normalized spacial score (nSPS) is 11.8. The quantitative estimate of drug-likeness (QED) is 0.719. The number of hydrogen-bond acceptors (Lipinski definition) is 3. The largest absolute Gasteiger partial charge is 0.325 e. The Morgan fingerprint density at radius 1 is 1.77 bits per heavy atom. The third-order valence-corrected chi connectivity index (χ3v) is 2.68. The molecule has 1 heterocycles. The second-order valence-electron chi connectivity index (χ2n) is 2.70. The molecule has 4 heteroatoms. The fourth-order valence-electron chi connectivity index (χ4n) is 0.837. The first kappa shape index (κ1) is 9.75. The smallest absolute Gasteiger partial charge is 0.264 e. The molecule has 0 aliphatic heterocycles. The summed E-state index contributed by atoms with van der Waals surface area (Å²) in [5, 5.41) is 10.5. The number of rotatable bonds is 2. The van der Waals surface area contributed by atoms with Crippen LogP contribution < -0.4 is 0 Å². The SMILES string of the molecule is CC(C#N)N(C)C(=O)c1cccs1. The van der Waals surface area contributed by atoms with E-state index in [1.807, 2.05) is 17.5 Å². The number of hydrogen-bond donors (Lipinski definition) is 0. The van der Waals surface area contributed by atoms with E-state index in [9.17, 15) is 4.79 Å². The van der Waals surface area contributed by atoms with Crippen molar-refractivity contribution < 1.29 is 4.79 Å². The van der Waals surface area contributed by atoms with Crippen LogP contribution in [0.15, 0.2) is 17.5 Å². The summed E-state index contributed by atoms with van der Waals surface area (Å²) in [5.74, 6) is -0.0935. The Kier molecular flexibility index (Phi) is 3.04. The molecule has 1 aromatic rings. The average molecular weight is 194 g/mol. The molecule has 3 nitrogen and oxygen atoms in total. The predicted molar refractivity (Wildman–Crippen MR) is 51.5 cm³/mol. The molecule has 13 heavy (non-hydrogen) atoms. The minimum atomic E-state index is -0.380. The first-order valence-electron chi connectivity index (χ1n) is 3.87. The van der Waals surface area contributed by atoms with Gasteiger partial charge in [-0.05, 0) is 18.4 Å². The lowest BCUT2D eigenvalue weighted by molar-refractivity contribution is 0.0778. The maximum Gasteiger partial charge on any atom is 0.264 e. The fraction of sp³-hybridized carbons (Fsp3) is 0.333. The maximum absolute atomic E-state index is 11.6. The topological polar surface area (TPSA) is 44.1 Å². The van der Waals surface area contributed by atoms with Crippen LogP contribution in [0.4, 0.5) is 0 Å². The van der Waals surface area contributed by atoms with Crippen molar-refractivity contribution in [2.75, 3.05) is 7.05 Å². The zero-order valence-corrected chi connectivity index (χ0v) is 8.34. The molecule has 1 atom stereocenters. The van der Waals surface area contributed by atoms with E-state index in [4.69, 9.17) is 5.26 Å². The Bertz CT molecular complexity index is 326. The summed E-state index contributed by atoms with van der Waals surface area (Å²) >= 11 is 1.39. The highest BCUT2D eigenvalue weighted by Crippen LogP contribution is 2.12. The molecule has 1 amide bonds. The lowest BCUT2D eigenvalue weighted by Crippen LogP contribution is -2.33. The van der Waals surface area contributed by atoms with Crippen LogP contribution in [0.1, 0.15) is 16.6 Å². The first-order chi connectivity index (χ1) is 6.16. The highest BCUT2D eigenvalue weighted by atomic mass is 32.1. The summed E-state index contributed by atoms with van der Waals surface area (Å²) in [4.78, 5) is 13.7. The molecule has 1 rings (SSSR count). The monoisotopic (exact) mass is 194 g/mol. The molecule has 0 radical (unpaired) electrons. The molecule has 0 fully saturated rings. The molecule has 0 saturated carbocycles. The van der Waals surface area contributed by atoms with Gasteiger partial charge in [0.15, 0.2) is 0 Å². The minimum absolute atomic E-state index is 0.0935. The molecule has 0 aliphatic rings. The van der Waals surface area contributed by atoms with Gasteiger partial charge in [-0.15, -0.1) is 11.3 Å². The molecule has 0 N–H and O–H groups in total. The number of nitriles is 1. The van der Waals surface area contributed by atoms with E-state index in [1.54, 1.807) is 20.0 Å². The van der Waals surface area contributed by atoms with Crippen molar-refractivity contribution in [2.24, 2.45) is 0 Å². The second-order valence-corrected chi connectivity index (χ2v) is 3.65. The van der Waals surface area contributed by atoms with Gasteiger partial charge in [-0.3, -0.25) is 4.79 Å². The Morgan fingerprint density at radius 2 is 2.46 bits per heavy atom. The molecule has 1 unspecified atom stereocenters. The van der Waals surface area contributed by atoms with E-state index in [0.29, 0.717) is 4.88 Å². The number of amides is 1. The molecule has 0 aliphatic carbocycles. The van der Waals surface area contributed by atoms with Crippen molar-refractivity contribution in [1.82, 2.24) is 4.90 Å². The van der Waals surface area contributed by atoms with Gasteiger partial charge >= 0.3 is 0 Å². The van der Waals surface area contributed by atoms with Gasteiger partial charge in [-0.25, -0.2) is 0 Å². The second kappa shape index (κ2) is 4.06. The van der Waals surface area contributed by atoms with Crippen molar-refractivity contribution in [1.29, 1.82) is 5.26 Å². The molecule has 0 saturated heterocycles. The fourth-order valence-corrected chi connectivity index (χ4v) is 1.54. The molecule has 0 aromatic carbocycles. The first-order valence-corrected chi connectivity index (χ1v) is 4.75. The summed E-state index contributed by atoms with van der Waals surface area (Å²) in [6, 6.07) is 5.22. The summed E-state index contributed by atoms with van der Waals surface area (Å²) in [5.41, 5.74) is 0. The van der Waals surface area contributed by atoms with Crippen LogP contribution in [0.5, 0.6) is 0 Å². The highest BCUT2D eigenvalue weighted by Gasteiger charge is 2.17. The molecule has 0 bridgehead atoms. The van der Waals surface area contributed by atoms with Gasteiger partial charge in [-0.1, -0.05) is 6.07 Å². The lowest BCUT2D eigenvalue weighted by atomic mass is 10.3. The van der Waals surface area contributed by atoms with Crippen molar-refractivity contribution in [3.05, 3.63) is 22.4 Å². The Labute approximate surface area is 81.2 Å². The highest BCUT2D eigenvalue weighted by molar-refractivity contribution is 7.12. The molecule has 0 spiro atoms. The van der Waals surface area contributed by atoms with Gasteiger partial charge in [0.1, 0.15) is 6.04 Å². The van der Waals surface area contributed by atoms with Gasteiger partial charge in [0, 0.05) is 7.05 Å². The Balaban J connectivity index is 2.75. The number of thiophene rings is 1. The van der Waals surface area contributed by atoms with Crippen LogP contribution in [0.25, 0.3) is 0 Å². The molecular weight excluding hydrogens is 184 g/mol. The molecule has 68 valence electrons. The Hall–Kier alpha value is -1.34. The van der Waals surface area contributed by atoms with Crippen LogP contribution in [0.2, 0.25) is 0 Å². The number of nitrogens with zero attached hydrogens (tertiary/aromatic N) is 2. The molecular formula is C9H10N2OS. The zero-order chi connectivity index (χ0) is 9.84. The third kappa shape index (κ3) is 2.07. The van der Waals surface area contributed by atoms with Crippen molar-refractivity contribution >= 4 is 17.2 Å². The van der Waals surface area contributed by atoms with Gasteiger partial charge in [0.2, 0.25) is 0 Å². The molecule has 1 aromatic heterocycles. The van der Waals surface area contributed by atoms with Gasteiger partial charge in [0.05, 0.1) is 10.9 Å². The summed E-state index contributed by atoms with van der Waals surface area (Å²) in [6.07, 6.45) is 0. The van der Waals surface area contributed by atoms with Crippen molar-refractivity contribution in [3.8, 4) is 6.07 Å². The predicted octanol–water partition coefficient (Wildman–Crippen LogP) is 1.73. The van der Waals surface area contributed by atoms with Crippen molar-refractivity contribution in [3.63, 3.8) is 0 Å². The third-order valence-electron chi connectivity index (χ3n) is 1.82. The standard InChI is InChI=1S/C9H10N2OS/c1-7(6-10)11(2)9(12)8-4-3-5-13-8/h3-5,7H,1-2H3. The number of carbonyl (C=O) groups is 1. The maximum atomic E-state index is 11.6. The van der Waals surface area contributed by atoms with Crippen LogP contribution in [-0.2, 0) is 0 Å². The summed E-state index contributed by atoms with van der Waals surface area (Å²) in [7, 11) is 1.63. The van der Waals surface area contributed by atoms with E-state index in [1.165, 1.54) is 16.2 Å². The Morgan fingerprint density at radius 3 is 2.92 bits per heavy atom. The summed E-state index contributed by atoms with van der Waals surface area (Å²) in [6.45, 7) is 1.70. The van der Waals surface area contributed by atoms with Gasteiger partial charge in [0.25, 0.3) is 5.91 Å². The van der Waals surface area contributed by atoms with Crippen molar-refractivity contribution in [2.45, 2.75) is 13.0 Å². The van der Waals surface area contributed by atoms with E-state index in [0.717, 1.165) is 0 Å². The van der Waals surface area contributed by atoms with E-state index >= 15 is 0 Å². The van der Waals surface area contributed by atoms with Gasteiger partial charge < -0.3 is 4.90 Å². The van der Waals surface area contributed by atoms with Crippen LogP contribution in [0, 0.1) is 11.3 Å². The van der Waals surface area contributed by atoms with Gasteiger partial charge in [-0.2, -0.15) is 5.26 Å². The van der Waals surface area contributed by atoms with Crippen LogP contribution >= 0.6 is 11.3 Å². The van der Waals surface area contributed by atoms with E-state index in [-0.39, 0.29) is 11.9 Å². The zero-order valence-electron chi connectivity index (χ0n) is 7.52. The van der Waals surface area contributed by atoms with Crippen LogP contribution in [-0.4, -0.2) is 23.9 Å². The van der Waals surface area contributed by atoms with Crippen LogP contribution in [0.3, 0.4) is 0 Å². The van der Waals surface area contributed by atoms with E-state index < -0.39 is 0 Å². The summed E-state index contributed by atoms with van der Waals surface area (Å²) < 4.78 is 0. The number of carbonyl (C=O) groups excluding carboxylic acids is 1. The average Bonchev–Trinajstić information content (AvgIpc) is 2.67. The minimum Gasteiger partial charge on any atom is -0.325 e. The van der Waals surface area contributed by atoms with E-state index in [2.05, 4.69) is 0 Å².